The molecule has 0 aliphatic rings. The average Bonchev–Trinajstić information content (AvgIpc) is 3.03. The van der Waals surface area contributed by atoms with Crippen LogP contribution in [0, 0.1) is 13.8 Å². The van der Waals surface area contributed by atoms with Gasteiger partial charge in [-0.25, -0.2) is 4.79 Å². The first-order valence-electron chi connectivity index (χ1n) is 9.91. The summed E-state index contributed by atoms with van der Waals surface area (Å²) in [6, 6.07) is 7.67. The zero-order valence-electron chi connectivity index (χ0n) is 17.9. The molecule has 158 valence electrons. The number of hydrogen-bond donors (Lipinski definition) is 2. The van der Waals surface area contributed by atoms with Gasteiger partial charge >= 0.3 is 5.97 Å². The van der Waals surface area contributed by atoms with Crippen molar-refractivity contribution in [3.05, 3.63) is 52.3 Å². The summed E-state index contributed by atoms with van der Waals surface area (Å²) in [5.74, 6) is 0.0236. The van der Waals surface area contributed by atoms with E-state index in [0.29, 0.717) is 35.7 Å². The van der Waals surface area contributed by atoms with E-state index in [1.807, 2.05) is 24.3 Å². The van der Waals surface area contributed by atoms with Crippen LogP contribution in [0.3, 0.4) is 0 Å². The summed E-state index contributed by atoms with van der Waals surface area (Å²) >= 11 is 0. The molecule has 0 saturated carbocycles. The number of aromatic amines is 1. The number of H-pyrrole nitrogens is 1. The normalized spacial score (nSPS) is 10.8. The number of carbonyl (C=O) groups is 2. The van der Waals surface area contributed by atoms with E-state index < -0.39 is 5.97 Å². The number of nitrogens with one attached hydrogen (secondary N) is 2. The molecule has 0 spiro atoms. The first kappa shape index (κ1) is 22.5. The Morgan fingerprint density at radius 1 is 1.14 bits per heavy atom. The number of rotatable bonds is 10. The monoisotopic (exact) mass is 401 g/mol. The summed E-state index contributed by atoms with van der Waals surface area (Å²) in [7, 11) is 1.32. The van der Waals surface area contributed by atoms with Crippen molar-refractivity contribution in [1.29, 1.82) is 0 Å². The van der Waals surface area contributed by atoms with Gasteiger partial charge in [-0.2, -0.15) is 0 Å². The Labute approximate surface area is 172 Å². The second kappa shape index (κ2) is 10.7. The van der Waals surface area contributed by atoms with Crippen LogP contribution in [0.4, 0.5) is 0 Å². The number of ether oxygens (including phenoxy) is 2. The molecule has 29 heavy (non-hydrogen) atoms. The van der Waals surface area contributed by atoms with Gasteiger partial charge in [0.25, 0.3) is 5.91 Å². The first-order chi connectivity index (χ1) is 13.9. The molecule has 1 aromatic carbocycles. The van der Waals surface area contributed by atoms with E-state index in [2.05, 4.69) is 29.0 Å². The highest BCUT2D eigenvalue weighted by molar-refractivity contribution is 6.00. The molecule has 0 atom stereocenters. The Hall–Kier alpha value is -2.80. The number of para-hydroxylation sites is 1. The molecule has 0 radical (unpaired) electrons. The molecule has 0 aliphatic carbocycles. The van der Waals surface area contributed by atoms with E-state index in [1.54, 1.807) is 13.8 Å². The van der Waals surface area contributed by atoms with Gasteiger partial charge in [-0.3, -0.25) is 4.79 Å². The third kappa shape index (κ3) is 5.60. The number of methoxy groups -OCH3 is 1. The second-order valence-electron chi connectivity index (χ2n) is 6.78. The van der Waals surface area contributed by atoms with Gasteiger partial charge in [0, 0.05) is 24.3 Å². The van der Waals surface area contributed by atoms with Crippen molar-refractivity contribution >= 4 is 11.9 Å². The fraction of sp³-hybridized carbons (Fsp3) is 0.455. The predicted octanol–water partition coefficient (Wildman–Crippen LogP) is 3.07. The van der Waals surface area contributed by atoms with Crippen LogP contribution in [0.5, 0.6) is 5.75 Å². The van der Waals surface area contributed by atoms with Gasteiger partial charge in [-0.05, 0) is 38.6 Å². The van der Waals surface area contributed by atoms with Gasteiger partial charge in [-0.15, -0.1) is 0 Å². The molecule has 1 amide bonds. The summed E-state index contributed by atoms with van der Waals surface area (Å²) in [4.78, 5) is 29.9. The van der Waals surface area contributed by atoms with Crippen LogP contribution in [0.1, 0.15) is 51.5 Å². The maximum absolute atomic E-state index is 12.7. The molecule has 0 unspecified atom stereocenters. The Balaban J connectivity index is 2.03. The van der Waals surface area contributed by atoms with Crippen molar-refractivity contribution < 1.29 is 19.1 Å². The van der Waals surface area contributed by atoms with E-state index in [4.69, 9.17) is 9.47 Å². The lowest BCUT2D eigenvalue weighted by Crippen LogP contribution is -2.28. The molecule has 7 heteroatoms. The van der Waals surface area contributed by atoms with Gasteiger partial charge in [0.15, 0.2) is 0 Å². The minimum absolute atomic E-state index is 0.279. The van der Waals surface area contributed by atoms with Crippen LogP contribution in [-0.4, -0.2) is 55.1 Å². The topological polar surface area (TPSA) is 83.7 Å². The number of aryl methyl sites for hydroxylation is 1. The van der Waals surface area contributed by atoms with Crippen LogP contribution >= 0.6 is 0 Å². The standard InChI is InChI=1S/C22H31N3O4/c1-6-25(7-2)12-13-29-18-11-9-8-10-17(18)14-23-21(26)20-15(3)19(16(4)24-20)22(27)28-5/h8-11,24H,6-7,12-14H2,1-5H3,(H,23,26). The van der Waals surface area contributed by atoms with E-state index in [-0.39, 0.29) is 5.91 Å². The predicted molar refractivity (Wildman–Crippen MR) is 113 cm³/mol. The molecule has 2 N–H and O–H groups in total. The van der Waals surface area contributed by atoms with Crippen LogP contribution in [0.25, 0.3) is 0 Å². The van der Waals surface area contributed by atoms with Gasteiger partial charge in [0.05, 0.1) is 12.7 Å². The van der Waals surface area contributed by atoms with Crippen molar-refractivity contribution in [3.8, 4) is 5.75 Å². The fourth-order valence-electron chi connectivity index (χ4n) is 3.26. The maximum atomic E-state index is 12.7. The zero-order valence-corrected chi connectivity index (χ0v) is 17.9. The van der Waals surface area contributed by atoms with Crippen LogP contribution < -0.4 is 10.1 Å². The van der Waals surface area contributed by atoms with Crippen LogP contribution in [-0.2, 0) is 11.3 Å². The third-order valence-electron chi connectivity index (χ3n) is 5.03. The Bertz CT molecular complexity index is 841. The number of likely N-dealkylation sites (N-methyl/N-ethyl adjacent to an activating group) is 1. The number of esters is 1. The lowest BCUT2D eigenvalue weighted by atomic mass is 10.1. The average molecular weight is 402 g/mol. The van der Waals surface area contributed by atoms with Crippen LogP contribution in [0.15, 0.2) is 24.3 Å². The largest absolute Gasteiger partial charge is 0.492 e. The van der Waals surface area contributed by atoms with Crippen molar-refractivity contribution in [1.82, 2.24) is 15.2 Å². The van der Waals surface area contributed by atoms with E-state index in [9.17, 15) is 9.59 Å². The number of aromatic nitrogens is 1. The molecular formula is C22H31N3O4. The molecule has 1 heterocycles. The lowest BCUT2D eigenvalue weighted by Gasteiger charge is -2.19. The van der Waals surface area contributed by atoms with E-state index in [0.717, 1.165) is 30.9 Å². The smallest absolute Gasteiger partial charge is 0.339 e. The maximum Gasteiger partial charge on any atom is 0.339 e. The van der Waals surface area contributed by atoms with Crippen LogP contribution in [0.2, 0.25) is 0 Å². The number of hydrogen-bond acceptors (Lipinski definition) is 5. The lowest BCUT2D eigenvalue weighted by molar-refractivity contribution is 0.0599. The number of carbonyl (C=O) groups excluding carboxylic acids is 2. The summed E-state index contributed by atoms with van der Waals surface area (Å²) in [6.45, 7) is 11.5. The molecule has 0 saturated heterocycles. The molecule has 1 aromatic heterocycles. The molecule has 0 aliphatic heterocycles. The first-order valence-corrected chi connectivity index (χ1v) is 9.91. The molecule has 2 rings (SSSR count). The molecular weight excluding hydrogens is 370 g/mol. The summed E-state index contributed by atoms with van der Waals surface area (Å²) in [5, 5.41) is 2.90. The Morgan fingerprint density at radius 2 is 1.83 bits per heavy atom. The number of benzene rings is 1. The summed E-state index contributed by atoms with van der Waals surface area (Å²) in [5.41, 5.74) is 2.85. The van der Waals surface area contributed by atoms with E-state index >= 15 is 0 Å². The van der Waals surface area contributed by atoms with Gasteiger partial charge in [0.1, 0.15) is 18.1 Å². The van der Waals surface area contributed by atoms with Crippen molar-refractivity contribution in [2.24, 2.45) is 0 Å². The van der Waals surface area contributed by atoms with Gasteiger partial charge in [-0.1, -0.05) is 32.0 Å². The van der Waals surface area contributed by atoms with Crippen molar-refractivity contribution in [2.75, 3.05) is 33.4 Å². The SMILES string of the molecule is CCN(CC)CCOc1ccccc1CNC(=O)c1[nH]c(C)c(C(=O)OC)c1C. The summed E-state index contributed by atoms with van der Waals surface area (Å²) < 4.78 is 10.7. The zero-order chi connectivity index (χ0) is 21.4. The van der Waals surface area contributed by atoms with Gasteiger partial charge < -0.3 is 24.7 Å². The Kier molecular flexibility index (Phi) is 8.27. The minimum Gasteiger partial charge on any atom is -0.492 e. The molecule has 2 aromatic rings. The van der Waals surface area contributed by atoms with Gasteiger partial charge in [0.2, 0.25) is 0 Å². The van der Waals surface area contributed by atoms with Crippen molar-refractivity contribution in [2.45, 2.75) is 34.2 Å². The highest BCUT2D eigenvalue weighted by Crippen LogP contribution is 2.20. The quantitative estimate of drug-likeness (QED) is 0.598. The number of nitrogens with zero attached hydrogens (tertiary/aromatic N) is 1. The van der Waals surface area contributed by atoms with Crippen molar-refractivity contribution in [3.63, 3.8) is 0 Å². The highest BCUT2D eigenvalue weighted by atomic mass is 16.5. The van der Waals surface area contributed by atoms with E-state index in [1.165, 1.54) is 7.11 Å². The minimum atomic E-state index is -0.456. The molecule has 7 nitrogen and oxygen atoms in total. The number of amides is 1. The fourth-order valence-corrected chi connectivity index (χ4v) is 3.26. The molecule has 0 fully saturated rings. The summed E-state index contributed by atoms with van der Waals surface area (Å²) in [6.07, 6.45) is 0. The highest BCUT2D eigenvalue weighted by Gasteiger charge is 2.22. The second-order valence-corrected chi connectivity index (χ2v) is 6.78. The third-order valence-corrected chi connectivity index (χ3v) is 5.03. The molecule has 0 bridgehead atoms. The Morgan fingerprint density at radius 3 is 2.48 bits per heavy atom.